The van der Waals surface area contributed by atoms with Gasteiger partial charge >= 0.3 is 0 Å². The lowest BCUT2D eigenvalue weighted by Crippen LogP contribution is -2.09. The van der Waals surface area contributed by atoms with Crippen LogP contribution in [-0.4, -0.2) is 13.7 Å². The van der Waals surface area contributed by atoms with Gasteiger partial charge in [-0.15, -0.1) is 4.91 Å². The average molecular weight is 320 g/mol. The first-order valence-corrected chi connectivity index (χ1v) is 8.35. The number of nitrogens with two attached hydrogens (primary N) is 1. The molecule has 1 aliphatic carbocycles. The molecule has 0 aromatic heterocycles. The van der Waals surface area contributed by atoms with Crippen LogP contribution in [0.15, 0.2) is 59.5 Å². The summed E-state index contributed by atoms with van der Waals surface area (Å²) in [5.41, 5.74) is 6.85. The first-order chi connectivity index (χ1) is 11.4. The Morgan fingerprint density at radius 3 is 2.17 bits per heavy atom. The standard InChI is InChI=1S/C14H15NO2.2C2H6.CH5N/c16-15-17-11-14(12-7-3-1-4-8-12)13-9-5-2-6-10-13;3*1-2/h1,3-5,7-10,14H,2,6,11H2;2*1-2H3;2H2,1H3. The Bertz CT molecular complexity index is 428. The molecule has 1 aliphatic rings. The number of hydrogen-bond acceptors (Lipinski definition) is 4. The normalized spacial score (nSPS) is 12.7. The van der Waals surface area contributed by atoms with Crippen molar-refractivity contribution in [2.75, 3.05) is 13.7 Å². The van der Waals surface area contributed by atoms with E-state index in [1.54, 1.807) is 0 Å². The van der Waals surface area contributed by atoms with E-state index in [1.165, 1.54) is 12.6 Å². The van der Waals surface area contributed by atoms with Gasteiger partial charge < -0.3 is 10.6 Å². The molecule has 0 radical (unpaired) electrons. The van der Waals surface area contributed by atoms with Gasteiger partial charge in [-0.2, -0.15) is 0 Å². The van der Waals surface area contributed by atoms with Gasteiger partial charge in [0.2, 0.25) is 0 Å². The molecule has 0 amide bonds. The van der Waals surface area contributed by atoms with Crippen LogP contribution in [0.25, 0.3) is 0 Å². The van der Waals surface area contributed by atoms with Crippen LogP contribution in [0.4, 0.5) is 0 Å². The molecule has 0 bridgehead atoms. The highest BCUT2D eigenvalue weighted by Crippen LogP contribution is 2.28. The van der Waals surface area contributed by atoms with Crippen molar-refractivity contribution in [2.45, 2.75) is 46.5 Å². The maximum absolute atomic E-state index is 10.1. The number of rotatable bonds is 5. The second-order valence-electron chi connectivity index (χ2n) is 4.02. The quantitative estimate of drug-likeness (QED) is 0.585. The molecular weight excluding hydrogens is 288 g/mol. The summed E-state index contributed by atoms with van der Waals surface area (Å²) >= 11 is 0. The SMILES string of the molecule is CC.CC.CN.O=NOCC(C1=CCCC=C1)c1ccccc1. The number of hydrogen-bond donors (Lipinski definition) is 1. The molecule has 4 nitrogen and oxygen atoms in total. The van der Waals surface area contributed by atoms with Crippen molar-refractivity contribution < 1.29 is 4.84 Å². The van der Waals surface area contributed by atoms with Crippen molar-refractivity contribution in [2.24, 2.45) is 11.1 Å². The van der Waals surface area contributed by atoms with Gasteiger partial charge in [-0.25, -0.2) is 0 Å². The fourth-order valence-corrected chi connectivity index (χ4v) is 2.07. The second-order valence-corrected chi connectivity index (χ2v) is 4.02. The summed E-state index contributed by atoms with van der Waals surface area (Å²) < 4.78 is 0. The van der Waals surface area contributed by atoms with E-state index >= 15 is 0 Å². The minimum Gasteiger partial charge on any atom is -0.363 e. The minimum absolute atomic E-state index is 0.0884. The van der Waals surface area contributed by atoms with Gasteiger partial charge in [-0.05, 0) is 31.0 Å². The molecule has 0 aliphatic heterocycles. The summed E-state index contributed by atoms with van der Waals surface area (Å²) in [6.45, 7) is 8.30. The molecule has 1 aromatic carbocycles. The van der Waals surface area contributed by atoms with E-state index in [0.717, 1.165) is 18.4 Å². The fraction of sp³-hybridized carbons (Fsp3) is 0.474. The van der Waals surface area contributed by atoms with Crippen molar-refractivity contribution in [1.82, 2.24) is 0 Å². The third kappa shape index (κ3) is 9.63. The van der Waals surface area contributed by atoms with Gasteiger partial charge in [0, 0.05) is 5.92 Å². The van der Waals surface area contributed by atoms with Crippen LogP contribution >= 0.6 is 0 Å². The van der Waals surface area contributed by atoms with Crippen LogP contribution < -0.4 is 5.73 Å². The van der Waals surface area contributed by atoms with Gasteiger partial charge in [0.1, 0.15) is 6.61 Å². The lowest BCUT2D eigenvalue weighted by Gasteiger charge is -2.18. The van der Waals surface area contributed by atoms with Crippen molar-refractivity contribution in [1.29, 1.82) is 0 Å². The molecule has 0 saturated carbocycles. The zero-order valence-corrected chi connectivity index (χ0v) is 15.2. The molecule has 4 heteroatoms. The molecule has 0 saturated heterocycles. The van der Waals surface area contributed by atoms with E-state index in [-0.39, 0.29) is 5.92 Å². The third-order valence-corrected chi connectivity index (χ3v) is 2.92. The maximum atomic E-state index is 10.1. The van der Waals surface area contributed by atoms with E-state index in [4.69, 9.17) is 4.84 Å². The Labute approximate surface area is 141 Å². The predicted molar refractivity (Wildman–Crippen MR) is 100 cm³/mol. The Hall–Kier alpha value is -1.94. The minimum atomic E-state index is 0.0884. The highest BCUT2D eigenvalue weighted by Gasteiger charge is 2.16. The number of allylic oxidation sites excluding steroid dienone is 3. The second kappa shape index (κ2) is 18.1. The first-order valence-electron chi connectivity index (χ1n) is 8.35. The van der Waals surface area contributed by atoms with E-state index in [0.29, 0.717) is 6.61 Å². The van der Waals surface area contributed by atoms with Gasteiger partial charge in [0.15, 0.2) is 5.34 Å². The van der Waals surface area contributed by atoms with Crippen LogP contribution in [0.5, 0.6) is 0 Å². The molecule has 0 spiro atoms. The van der Waals surface area contributed by atoms with Crippen molar-refractivity contribution >= 4 is 0 Å². The molecular formula is C19H32N2O2. The van der Waals surface area contributed by atoms with E-state index in [1.807, 2.05) is 58.0 Å². The van der Waals surface area contributed by atoms with Gasteiger partial charge in [-0.1, -0.05) is 76.3 Å². The highest BCUT2D eigenvalue weighted by molar-refractivity contribution is 5.36. The molecule has 1 atom stereocenters. The Kier molecular flexibility index (Phi) is 18.4. The number of nitrogens with zero attached hydrogens (tertiary/aromatic N) is 1. The van der Waals surface area contributed by atoms with E-state index < -0.39 is 0 Å². The van der Waals surface area contributed by atoms with Gasteiger partial charge in [0.05, 0.1) is 0 Å². The summed E-state index contributed by atoms with van der Waals surface area (Å²) in [6, 6.07) is 10.0. The summed E-state index contributed by atoms with van der Waals surface area (Å²) in [7, 11) is 1.50. The topological polar surface area (TPSA) is 64.7 Å². The molecule has 130 valence electrons. The fourth-order valence-electron chi connectivity index (χ4n) is 2.07. The largest absolute Gasteiger partial charge is 0.363 e. The summed E-state index contributed by atoms with van der Waals surface area (Å²) in [5, 5.41) is 2.49. The summed E-state index contributed by atoms with van der Waals surface area (Å²) in [6.07, 6.45) is 8.59. The van der Waals surface area contributed by atoms with Crippen LogP contribution in [0, 0.1) is 4.91 Å². The Morgan fingerprint density at radius 2 is 1.70 bits per heavy atom. The zero-order chi connectivity index (χ0) is 17.9. The Balaban J connectivity index is 0. The highest BCUT2D eigenvalue weighted by atomic mass is 16.7. The summed E-state index contributed by atoms with van der Waals surface area (Å²) in [5.74, 6) is 0.0884. The van der Waals surface area contributed by atoms with Gasteiger partial charge in [-0.3, -0.25) is 0 Å². The van der Waals surface area contributed by atoms with Crippen LogP contribution in [0.3, 0.4) is 0 Å². The first kappa shape index (κ1) is 23.3. The monoisotopic (exact) mass is 320 g/mol. The lowest BCUT2D eigenvalue weighted by molar-refractivity contribution is 0.132. The van der Waals surface area contributed by atoms with E-state index in [9.17, 15) is 4.91 Å². The summed E-state index contributed by atoms with van der Waals surface area (Å²) in [4.78, 5) is 14.8. The number of benzene rings is 1. The lowest BCUT2D eigenvalue weighted by atomic mass is 9.89. The average Bonchev–Trinajstić information content (AvgIpc) is 2.69. The van der Waals surface area contributed by atoms with E-state index in [2.05, 4.69) is 29.3 Å². The van der Waals surface area contributed by atoms with Crippen molar-refractivity contribution in [3.63, 3.8) is 0 Å². The smallest absolute Gasteiger partial charge is 0.155 e. The predicted octanol–water partition coefficient (Wildman–Crippen LogP) is 5.37. The molecule has 23 heavy (non-hydrogen) atoms. The molecule has 2 N–H and O–H groups in total. The third-order valence-electron chi connectivity index (χ3n) is 2.92. The van der Waals surface area contributed by atoms with Crippen LogP contribution in [0.1, 0.15) is 52.0 Å². The zero-order valence-electron chi connectivity index (χ0n) is 15.2. The molecule has 0 heterocycles. The maximum Gasteiger partial charge on any atom is 0.155 e. The van der Waals surface area contributed by atoms with Crippen LogP contribution in [0.2, 0.25) is 0 Å². The van der Waals surface area contributed by atoms with Crippen molar-refractivity contribution in [3.8, 4) is 0 Å². The van der Waals surface area contributed by atoms with Gasteiger partial charge in [0.25, 0.3) is 0 Å². The molecule has 1 aromatic rings. The molecule has 2 rings (SSSR count). The molecule has 0 fully saturated rings. The van der Waals surface area contributed by atoms with Crippen molar-refractivity contribution in [3.05, 3.63) is 64.6 Å². The van der Waals surface area contributed by atoms with Crippen LogP contribution in [-0.2, 0) is 4.84 Å². The molecule has 1 unspecified atom stereocenters. The Morgan fingerprint density at radius 1 is 1.09 bits per heavy atom.